The number of aromatic amines is 2. The van der Waals surface area contributed by atoms with Gasteiger partial charge < -0.3 is 9.97 Å². The fourth-order valence-corrected chi connectivity index (χ4v) is 4.60. The number of halogens is 1. The summed E-state index contributed by atoms with van der Waals surface area (Å²) >= 11 is 5.88. The van der Waals surface area contributed by atoms with Gasteiger partial charge in [0.05, 0.1) is 5.69 Å². The molecule has 0 saturated heterocycles. The topological polar surface area (TPSA) is 144 Å². The Labute approximate surface area is 197 Å². The first-order valence-electron chi connectivity index (χ1n) is 10.8. The number of rotatable bonds is 5. The Kier molecular flexibility index (Phi) is 5.12. The van der Waals surface area contributed by atoms with E-state index < -0.39 is 0 Å². The summed E-state index contributed by atoms with van der Waals surface area (Å²) in [6.45, 7) is 7.45. The summed E-state index contributed by atoms with van der Waals surface area (Å²) in [5, 5.41) is 12.8. The van der Waals surface area contributed by atoms with E-state index in [1.54, 1.807) is 11.6 Å². The predicted octanol–water partition coefficient (Wildman–Crippen LogP) is 1.73. The summed E-state index contributed by atoms with van der Waals surface area (Å²) < 4.78 is 4.23. The Morgan fingerprint density at radius 3 is 2.47 bits per heavy atom. The molecule has 12 nitrogen and oxygen atoms in total. The lowest BCUT2D eigenvalue weighted by atomic mass is 9.95. The van der Waals surface area contributed by atoms with E-state index in [0.717, 1.165) is 5.69 Å². The minimum Gasteiger partial charge on any atom is -0.327 e. The summed E-state index contributed by atoms with van der Waals surface area (Å²) in [5.41, 5.74) is 3.57. The standard InChI is InChI=1S/C21H23ClN10O2/c1-6-13-16(25-21-24-11(4)27-31(21)17(13)33)14-8-12(30(5)28-14)7-9(2)15-10(3)23-20-26-19(22)29-32(20)18(15)34/h8-9H,6-7H2,1-5H3,(H,23,26,29)(H,24,25,27). The zero-order valence-corrected chi connectivity index (χ0v) is 20.1. The second-order valence-corrected chi connectivity index (χ2v) is 8.70. The molecule has 1 atom stereocenters. The van der Waals surface area contributed by atoms with Gasteiger partial charge in [0.15, 0.2) is 0 Å². The number of hydrogen-bond donors (Lipinski definition) is 2. The maximum Gasteiger partial charge on any atom is 0.279 e. The van der Waals surface area contributed by atoms with E-state index in [4.69, 9.17) is 11.6 Å². The van der Waals surface area contributed by atoms with Crippen LogP contribution < -0.4 is 11.1 Å². The van der Waals surface area contributed by atoms with Gasteiger partial charge in [0.25, 0.3) is 11.1 Å². The van der Waals surface area contributed by atoms with Gasteiger partial charge in [0, 0.05) is 29.6 Å². The van der Waals surface area contributed by atoms with Gasteiger partial charge in [-0.2, -0.15) is 24.1 Å². The number of nitrogens with zero attached hydrogens (tertiary/aromatic N) is 8. The number of nitrogens with one attached hydrogen (secondary N) is 2. The van der Waals surface area contributed by atoms with Crippen molar-refractivity contribution in [2.75, 3.05) is 0 Å². The highest BCUT2D eigenvalue weighted by Gasteiger charge is 2.22. The molecule has 5 aromatic rings. The van der Waals surface area contributed by atoms with Crippen molar-refractivity contribution in [1.82, 2.24) is 48.9 Å². The second kappa shape index (κ2) is 7.90. The first-order chi connectivity index (χ1) is 16.2. The largest absolute Gasteiger partial charge is 0.327 e. The average Bonchev–Trinajstić information content (AvgIpc) is 3.44. The van der Waals surface area contributed by atoms with Gasteiger partial charge in [-0.05, 0) is 50.3 Å². The lowest BCUT2D eigenvalue weighted by molar-refractivity contribution is 0.645. The fraction of sp³-hybridized carbons (Fsp3) is 0.381. The molecule has 0 aliphatic carbocycles. The molecule has 5 aromatic heterocycles. The third-order valence-electron chi connectivity index (χ3n) is 6.00. The minimum atomic E-state index is -0.259. The molecule has 0 fully saturated rings. The van der Waals surface area contributed by atoms with Crippen LogP contribution in [0.2, 0.25) is 5.28 Å². The highest BCUT2D eigenvalue weighted by atomic mass is 35.5. The van der Waals surface area contributed by atoms with Crippen LogP contribution in [0.25, 0.3) is 22.9 Å². The molecule has 0 saturated carbocycles. The van der Waals surface area contributed by atoms with Crippen LogP contribution in [0.1, 0.15) is 48.1 Å². The highest BCUT2D eigenvalue weighted by molar-refractivity contribution is 6.28. The van der Waals surface area contributed by atoms with Gasteiger partial charge in [0.1, 0.15) is 11.5 Å². The molecular weight excluding hydrogens is 460 g/mol. The maximum absolute atomic E-state index is 13.1. The maximum atomic E-state index is 13.1. The Hall–Kier alpha value is -3.80. The normalized spacial score (nSPS) is 12.8. The van der Waals surface area contributed by atoms with Crippen LogP contribution in [-0.2, 0) is 19.9 Å². The van der Waals surface area contributed by atoms with Crippen LogP contribution in [0.5, 0.6) is 0 Å². The smallest absolute Gasteiger partial charge is 0.279 e. The van der Waals surface area contributed by atoms with E-state index in [-0.39, 0.29) is 22.3 Å². The molecule has 2 N–H and O–H groups in total. The molecule has 1 unspecified atom stereocenters. The van der Waals surface area contributed by atoms with E-state index in [1.165, 1.54) is 9.03 Å². The van der Waals surface area contributed by atoms with E-state index in [9.17, 15) is 9.59 Å². The SMILES string of the molecule is CCc1c(-c2cc(CC(C)c3c(C)[nH]c4nc(Cl)nn4c3=O)n(C)n2)[nH]c2nc(C)nn2c1=O. The van der Waals surface area contributed by atoms with Crippen molar-refractivity contribution < 1.29 is 0 Å². The van der Waals surface area contributed by atoms with Crippen molar-refractivity contribution >= 4 is 23.2 Å². The Morgan fingerprint density at radius 1 is 1.03 bits per heavy atom. The van der Waals surface area contributed by atoms with E-state index in [2.05, 4.69) is 35.2 Å². The quantitative estimate of drug-likeness (QED) is 0.388. The monoisotopic (exact) mass is 482 g/mol. The first kappa shape index (κ1) is 22.0. The third-order valence-corrected chi connectivity index (χ3v) is 6.16. The Bertz CT molecular complexity index is 1690. The number of aromatic nitrogens is 10. The summed E-state index contributed by atoms with van der Waals surface area (Å²) in [4.78, 5) is 40.6. The summed E-state index contributed by atoms with van der Waals surface area (Å²) in [5.74, 6) is 1.04. The molecule has 0 aliphatic rings. The molecule has 5 heterocycles. The van der Waals surface area contributed by atoms with Crippen LogP contribution in [-0.4, -0.2) is 48.9 Å². The van der Waals surface area contributed by atoms with Crippen LogP contribution >= 0.6 is 11.6 Å². The summed E-state index contributed by atoms with van der Waals surface area (Å²) in [7, 11) is 1.84. The van der Waals surface area contributed by atoms with Crippen molar-refractivity contribution in [2.45, 2.75) is 46.5 Å². The van der Waals surface area contributed by atoms with Crippen molar-refractivity contribution in [3.05, 3.63) is 60.4 Å². The van der Waals surface area contributed by atoms with Crippen LogP contribution in [0.3, 0.4) is 0 Å². The van der Waals surface area contributed by atoms with Crippen molar-refractivity contribution in [3.63, 3.8) is 0 Å². The predicted molar refractivity (Wildman–Crippen MR) is 125 cm³/mol. The van der Waals surface area contributed by atoms with E-state index in [1.807, 2.05) is 33.9 Å². The molecule has 13 heteroatoms. The first-order valence-corrected chi connectivity index (χ1v) is 11.2. The molecule has 176 valence electrons. The summed E-state index contributed by atoms with van der Waals surface area (Å²) in [6, 6.07) is 1.93. The van der Waals surface area contributed by atoms with Crippen molar-refractivity contribution in [1.29, 1.82) is 0 Å². The zero-order chi connectivity index (χ0) is 24.3. The average molecular weight is 483 g/mol. The zero-order valence-electron chi connectivity index (χ0n) is 19.3. The third kappa shape index (κ3) is 3.41. The van der Waals surface area contributed by atoms with E-state index >= 15 is 0 Å². The van der Waals surface area contributed by atoms with Gasteiger partial charge in [0.2, 0.25) is 16.8 Å². The van der Waals surface area contributed by atoms with Crippen molar-refractivity contribution in [3.8, 4) is 11.4 Å². The molecule has 0 aliphatic heterocycles. The Balaban J connectivity index is 1.55. The van der Waals surface area contributed by atoms with Gasteiger partial charge in [-0.25, -0.2) is 0 Å². The second-order valence-electron chi connectivity index (χ2n) is 8.37. The Morgan fingerprint density at radius 2 is 1.74 bits per heavy atom. The van der Waals surface area contributed by atoms with Crippen molar-refractivity contribution in [2.24, 2.45) is 7.05 Å². The molecule has 0 aromatic carbocycles. The molecular formula is C21H23ClN10O2. The molecule has 0 radical (unpaired) electrons. The molecule has 0 spiro atoms. The lowest BCUT2D eigenvalue weighted by Crippen LogP contribution is -2.24. The lowest BCUT2D eigenvalue weighted by Gasteiger charge is -2.13. The molecule has 0 amide bonds. The molecule has 34 heavy (non-hydrogen) atoms. The van der Waals surface area contributed by atoms with Gasteiger partial charge >= 0.3 is 0 Å². The molecule has 0 bridgehead atoms. The summed E-state index contributed by atoms with van der Waals surface area (Å²) in [6.07, 6.45) is 1.05. The van der Waals surface area contributed by atoms with Gasteiger partial charge in [-0.15, -0.1) is 10.2 Å². The van der Waals surface area contributed by atoms with Crippen LogP contribution in [0.15, 0.2) is 15.7 Å². The van der Waals surface area contributed by atoms with Gasteiger partial charge in [-0.1, -0.05) is 13.8 Å². The highest BCUT2D eigenvalue weighted by Crippen LogP contribution is 2.25. The number of hydrogen-bond acceptors (Lipinski definition) is 7. The van der Waals surface area contributed by atoms with Crippen LogP contribution in [0, 0.1) is 13.8 Å². The fourth-order valence-electron chi connectivity index (χ4n) is 4.44. The minimum absolute atomic E-state index is 0.00869. The van der Waals surface area contributed by atoms with Crippen LogP contribution in [0.4, 0.5) is 0 Å². The number of H-pyrrole nitrogens is 2. The van der Waals surface area contributed by atoms with E-state index in [0.29, 0.717) is 58.4 Å². The number of aryl methyl sites for hydroxylation is 3. The van der Waals surface area contributed by atoms with Gasteiger partial charge in [-0.3, -0.25) is 14.3 Å². The molecule has 5 rings (SSSR count). The number of fused-ring (bicyclic) bond motifs is 2.